The van der Waals surface area contributed by atoms with Gasteiger partial charge in [-0.2, -0.15) is 5.10 Å². The molecular weight excluding hydrogens is 388 g/mol. The van der Waals surface area contributed by atoms with E-state index in [0.717, 1.165) is 48.2 Å². The number of nitrogens with zero attached hydrogens (tertiary/aromatic N) is 3. The molecule has 7 nitrogen and oxygen atoms in total. The number of hydrogen-bond donors (Lipinski definition) is 3. The van der Waals surface area contributed by atoms with Crippen LogP contribution in [0, 0.1) is 0 Å². The minimum atomic E-state index is 0.229. The average Bonchev–Trinajstić information content (AvgIpc) is 3.52. The van der Waals surface area contributed by atoms with Gasteiger partial charge in [0.2, 0.25) is 5.91 Å². The normalized spacial score (nSPS) is 18.2. The van der Waals surface area contributed by atoms with Gasteiger partial charge in [-0.15, -0.1) is 0 Å². The van der Waals surface area contributed by atoms with E-state index in [4.69, 9.17) is 5.73 Å². The van der Waals surface area contributed by atoms with Crippen molar-refractivity contribution in [3.05, 3.63) is 53.5 Å². The summed E-state index contributed by atoms with van der Waals surface area (Å²) in [5.74, 6) is 0.724. The maximum absolute atomic E-state index is 12.4. The first-order chi connectivity index (χ1) is 15.1. The molecule has 0 aliphatic carbocycles. The Bertz CT molecular complexity index is 1100. The summed E-state index contributed by atoms with van der Waals surface area (Å²) in [6.45, 7) is 4.46. The molecule has 2 aromatic heterocycles. The van der Waals surface area contributed by atoms with Crippen LogP contribution in [0.1, 0.15) is 48.9 Å². The minimum absolute atomic E-state index is 0.229. The number of nitrogen functional groups attached to an aromatic ring is 1. The summed E-state index contributed by atoms with van der Waals surface area (Å²) >= 11 is 0. The van der Waals surface area contributed by atoms with Gasteiger partial charge in [0.25, 0.3) is 0 Å². The van der Waals surface area contributed by atoms with E-state index in [1.165, 1.54) is 23.1 Å². The van der Waals surface area contributed by atoms with E-state index in [0.29, 0.717) is 24.8 Å². The lowest BCUT2D eigenvalue weighted by atomic mass is 9.87. The summed E-state index contributed by atoms with van der Waals surface area (Å²) in [6, 6.07) is 6.99. The van der Waals surface area contributed by atoms with Crippen molar-refractivity contribution in [2.45, 2.75) is 45.2 Å². The Morgan fingerprint density at radius 3 is 2.87 bits per heavy atom. The van der Waals surface area contributed by atoms with Crippen LogP contribution in [0.4, 0.5) is 5.82 Å². The van der Waals surface area contributed by atoms with Gasteiger partial charge in [-0.25, -0.2) is 4.98 Å². The number of pyridine rings is 1. The summed E-state index contributed by atoms with van der Waals surface area (Å²) in [4.78, 5) is 18.8. The number of aromatic nitrogens is 3. The molecular formula is C24H28N6O. The topological polar surface area (TPSA) is 99.9 Å². The molecule has 1 unspecified atom stereocenters. The van der Waals surface area contributed by atoms with Crippen molar-refractivity contribution in [1.29, 1.82) is 0 Å². The molecule has 1 aromatic carbocycles. The third-order valence-corrected chi connectivity index (χ3v) is 6.53. The number of hydrogen-bond acceptors (Lipinski definition) is 5. The summed E-state index contributed by atoms with van der Waals surface area (Å²) in [5.41, 5.74) is 14.1. The van der Waals surface area contributed by atoms with E-state index in [2.05, 4.69) is 38.7 Å². The van der Waals surface area contributed by atoms with Gasteiger partial charge in [0.15, 0.2) is 0 Å². The maximum atomic E-state index is 12.4. The highest BCUT2D eigenvalue weighted by Crippen LogP contribution is 2.37. The van der Waals surface area contributed by atoms with E-state index in [-0.39, 0.29) is 5.91 Å². The zero-order valence-corrected chi connectivity index (χ0v) is 17.8. The van der Waals surface area contributed by atoms with Gasteiger partial charge >= 0.3 is 0 Å². The molecule has 1 saturated heterocycles. The molecule has 160 valence electrons. The highest BCUT2D eigenvalue weighted by molar-refractivity contribution is 5.80. The number of aromatic amines is 1. The summed E-state index contributed by atoms with van der Waals surface area (Å²) in [7, 11) is 0. The van der Waals surface area contributed by atoms with Crippen LogP contribution in [0.2, 0.25) is 0 Å². The van der Waals surface area contributed by atoms with Crippen molar-refractivity contribution in [2.24, 2.45) is 0 Å². The van der Waals surface area contributed by atoms with Crippen molar-refractivity contribution in [3.63, 3.8) is 0 Å². The lowest BCUT2D eigenvalue weighted by Crippen LogP contribution is -2.36. The van der Waals surface area contributed by atoms with Gasteiger partial charge < -0.3 is 16.0 Å². The number of carbonyl (C=O) groups is 1. The number of benzene rings is 1. The molecule has 3 aromatic rings. The first-order valence-electron chi connectivity index (χ1n) is 11.1. The van der Waals surface area contributed by atoms with Gasteiger partial charge in [-0.05, 0) is 60.2 Å². The standard InChI is InChI=1S/C24H28N6O/c1-2-23(31)30-7-5-15-8-16(9-20(21(15)14-30)22-4-3-6-26-22)17-10-19(24(25)27-11-17)18-12-28-29-13-18/h8-13,22,26H,2-7,14H2,1H3,(H2,25,27)(H,28,29). The molecule has 2 aliphatic rings. The summed E-state index contributed by atoms with van der Waals surface area (Å²) in [5, 5.41) is 10.5. The van der Waals surface area contributed by atoms with Gasteiger partial charge in [-0.3, -0.25) is 9.89 Å². The van der Waals surface area contributed by atoms with Crippen LogP contribution in [0.5, 0.6) is 0 Å². The molecule has 0 bridgehead atoms. The Balaban J connectivity index is 1.59. The minimum Gasteiger partial charge on any atom is -0.383 e. The van der Waals surface area contributed by atoms with Crippen molar-refractivity contribution in [2.75, 3.05) is 18.8 Å². The predicted molar refractivity (Wildman–Crippen MR) is 121 cm³/mol. The maximum Gasteiger partial charge on any atom is 0.222 e. The molecule has 0 radical (unpaired) electrons. The lowest BCUT2D eigenvalue weighted by molar-refractivity contribution is -0.131. The average molecular weight is 417 g/mol. The number of amides is 1. The molecule has 5 rings (SSSR count). The second-order valence-electron chi connectivity index (χ2n) is 8.41. The van der Waals surface area contributed by atoms with E-state index in [9.17, 15) is 4.79 Å². The van der Waals surface area contributed by atoms with Crippen LogP contribution in [-0.4, -0.2) is 39.1 Å². The van der Waals surface area contributed by atoms with E-state index < -0.39 is 0 Å². The van der Waals surface area contributed by atoms with Crippen LogP contribution < -0.4 is 11.1 Å². The Hall–Kier alpha value is -3.19. The molecule has 0 spiro atoms. The Kier molecular flexibility index (Phi) is 5.19. The zero-order chi connectivity index (χ0) is 21.4. The molecule has 1 fully saturated rings. The summed E-state index contributed by atoms with van der Waals surface area (Å²) < 4.78 is 0. The monoisotopic (exact) mass is 416 g/mol. The largest absolute Gasteiger partial charge is 0.383 e. The molecule has 7 heteroatoms. The second-order valence-corrected chi connectivity index (χ2v) is 8.41. The van der Waals surface area contributed by atoms with Gasteiger partial charge in [0.1, 0.15) is 5.82 Å². The fourth-order valence-corrected chi connectivity index (χ4v) is 4.82. The van der Waals surface area contributed by atoms with Crippen LogP contribution in [0.25, 0.3) is 22.3 Å². The first kappa shape index (κ1) is 19.8. The van der Waals surface area contributed by atoms with Crippen molar-refractivity contribution in [3.8, 4) is 22.3 Å². The molecule has 4 heterocycles. The van der Waals surface area contributed by atoms with Crippen LogP contribution in [-0.2, 0) is 17.8 Å². The van der Waals surface area contributed by atoms with Gasteiger partial charge in [0, 0.05) is 54.6 Å². The molecule has 31 heavy (non-hydrogen) atoms. The van der Waals surface area contributed by atoms with E-state index >= 15 is 0 Å². The van der Waals surface area contributed by atoms with E-state index in [1.807, 2.05) is 24.2 Å². The zero-order valence-electron chi connectivity index (χ0n) is 17.8. The fraction of sp³-hybridized carbons (Fsp3) is 0.375. The third-order valence-electron chi connectivity index (χ3n) is 6.53. The van der Waals surface area contributed by atoms with Crippen molar-refractivity contribution < 1.29 is 4.79 Å². The van der Waals surface area contributed by atoms with Crippen molar-refractivity contribution >= 4 is 11.7 Å². The smallest absolute Gasteiger partial charge is 0.222 e. The number of carbonyl (C=O) groups excluding carboxylic acids is 1. The van der Waals surface area contributed by atoms with Gasteiger partial charge in [0.05, 0.1) is 6.20 Å². The SMILES string of the molecule is CCC(=O)N1CCc2cc(-c3cnc(N)c(-c4cn[nH]c4)c3)cc(C3CCCN3)c2C1. The van der Waals surface area contributed by atoms with Crippen molar-refractivity contribution in [1.82, 2.24) is 25.4 Å². The number of nitrogens with two attached hydrogens (primary N) is 1. The quantitative estimate of drug-likeness (QED) is 0.605. The first-order valence-corrected chi connectivity index (χ1v) is 11.1. The Labute approximate surface area is 182 Å². The summed E-state index contributed by atoms with van der Waals surface area (Å²) in [6.07, 6.45) is 9.17. The molecule has 1 amide bonds. The predicted octanol–water partition coefficient (Wildman–Crippen LogP) is 3.44. The highest BCUT2D eigenvalue weighted by Gasteiger charge is 2.27. The Morgan fingerprint density at radius 1 is 1.23 bits per heavy atom. The molecule has 4 N–H and O–H groups in total. The number of H-pyrrole nitrogens is 1. The molecule has 1 atom stereocenters. The number of anilines is 1. The van der Waals surface area contributed by atoms with Crippen LogP contribution in [0.3, 0.4) is 0 Å². The second kappa shape index (κ2) is 8.15. The van der Waals surface area contributed by atoms with E-state index in [1.54, 1.807) is 6.20 Å². The Morgan fingerprint density at radius 2 is 2.13 bits per heavy atom. The number of rotatable bonds is 4. The lowest BCUT2D eigenvalue weighted by Gasteiger charge is -2.32. The number of nitrogens with one attached hydrogen (secondary N) is 2. The van der Waals surface area contributed by atoms with Crippen LogP contribution >= 0.6 is 0 Å². The van der Waals surface area contributed by atoms with Crippen LogP contribution in [0.15, 0.2) is 36.8 Å². The third kappa shape index (κ3) is 3.70. The number of fused-ring (bicyclic) bond motifs is 1. The molecule has 0 saturated carbocycles. The highest BCUT2D eigenvalue weighted by atomic mass is 16.2. The van der Waals surface area contributed by atoms with Gasteiger partial charge in [-0.1, -0.05) is 13.0 Å². The fourth-order valence-electron chi connectivity index (χ4n) is 4.82. The molecule has 2 aliphatic heterocycles.